The summed E-state index contributed by atoms with van der Waals surface area (Å²) >= 11 is 3.83. The lowest BCUT2D eigenvalue weighted by atomic mass is 9.90. The van der Waals surface area contributed by atoms with E-state index in [9.17, 15) is 14.7 Å². The van der Waals surface area contributed by atoms with Gasteiger partial charge in [-0.15, -0.1) is 0 Å². The van der Waals surface area contributed by atoms with E-state index in [0.29, 0.717) is 18.6 Å². The number of aryl methyl sites for hydroxylation is 1. The van der Waals surface area contributed by atoms with Crippen molar-refractivity contribution >= 4 is 12.9 Å². The molecule has 2 unspecified atom stereocenters. The van der Waals surface area contributed by atoms with Gasteiger partial charge in [-0.3, -0.25) is 14.3 Å². The highest BCUT2D eigenvalue weighted by Crippen LogP contribution is 2.45. The number of nitrogens with one attached hydrogen (secondary N) is 1. The molecule has 21 heavy (non-hydrogen) atoms. The van der Waals surface area contributed by atoms with Crippen LogP contribution in [0.5, 0.6) is 0 Å². The van der Waals surface area contributed by atoms with E-state index in [2.05, 4.69) is 17.9 Å². The number of aliphatic hydroxyl groups is 1. The lowest BCUT2D eigenvalue weighted by molar-refractivity contribution is -0.131. The molecule has 0 aromatic carbocycles. The van der Waals surface area contributed by atoms with Crippen molar-refractivity contribution in [1.29, 1.82) is 0 Å². The van der Waals surface area contributed by atoms with E-state index in [1.165, 1.54) is 10.8 Å². The fraction of sp³-hybridized carbons (Fsp3) is 0.667. The number of thiol groups is 1. The molecule has 8 nitrogen and oxygen atoms in total. The van der Waals surface area contributed by atoms with Gasteiger partial charge in [0.1, 0.15) is 17.8 Å². The lowest BCUT2D eigenvalue weighted by Crippen LogP contribution is -2.51. The van der Waals surface area contributed by atoms with Gasteiger partial charge in [-0.25, -0.2) is 4.79 Å². The Hall–Kier alpha value is -1.13. The third-order valence-corrected chi connectivity index (χ3v) is 4.32. The van der Waals surface area contributed by atoms with Gasteiger partial charge in [0.2, 0.25) is 0 Å². The van der Waals surface area contributed by atoms with Gasteiger partial charge in [-0.2, -0.15) is 0 Å². The number of fused-ring (bicyclic) bond motifs is 2. The van der Waals surface area contributed by atoms with Gasteiger partial charge in [0, 0.05) is 18.2 Å². The zero-order valence-corrected chi connectivity index (χ0v) is 12.2. The fourth-order valence-electron chi connectivity index (χ4n) is 2.91. The van der Waals surface area contributed by atoms with E-state index >= 15 is 0 Å². The smallest absolute Gasteiger partial charge is 0.330 e. The molecule has 4 atom stereocenters. The Morgan fingerprint density at radius 2 is 2.38 bits per heavy atom. The summed E-state index contributed by atoms with van der Waals surface area (Å²) in [5, 5.41) is 9.66. The second-order valence-corrected chi connectivity index (χ2v) is 5.53. The molecule has 3 rings (SSSR count). The zero-order valence-electron chi connectivity index (χ0n) is 11.3. The Bertz CT molecular complexity index is 658. The molecule has 2 aliphatic heterocycles. The number of aromatic nitrogens is 2. The van der Waals surface area contributed by atoms with Crippen LogP contribution in [0.3, 0.4) is 0 Å². The zero-order chi connectivity index (χ0) is 15.2. The standard InChI is InChI=1S/C12H16N2O6S/c1-6-4-14(11(17)13-9(6)16)10-7-8(20-21)12(5-15,19-10)2-3-18-7/h4,7-8,10,15,21H,2-3,5H2,1H3,(H,13,16,17)/t7?,8?,10-,12-/m1/s1. The van der Waals surface area contributed by atoms with Gasteiger partial charge in [0.05, 0.1) is 13.2 Å². The maximum Gasteiger partial charge on any atom is 0.330 e. The molecule has 2 fully saturated rings. The molecule has 116 valence electrons. The summed E-state index contributed by atoms with van der Waals surface area (Å²) in [5.74, 6) is 0. The Kier molecular flexibility index (Phi) is 3.70. The van der Waals surface area contributed by atoms with Crippen molar-refractivity contribution in [3.63, 3.8) is 0 Å². The van der Waals surface area contributed by atoms with E-state index in [1.807, 2.05) is 0 Å². The van der Waals surface area contributed by atoms with Crippen LogP contribution in [0, 0.1) is 6.92 Å². The number of hydrogen-bond donors (Lipinski definition) is 3. The van der Waals surface area contributed by atoms with Gasteiger partial charge >= 0.3 is 5.69 Å². The highest BCUT2D eigenvalue weighted by Gasteiger charge is 2.59. The summed E-state index contributed by atoms with van der Waals surface area (Å²) in [6.45, 7) is 1.70. The summed E-state index contributed by atoms with van der Waals surface area (Å²) in [6, 6.07) is 0. The number of aromatic amines is 1. The molecule has 1 aromatic heterocycles. The van der Waals surface area contributed by atoms with Crippen LogP contribution in [-0.4, -0.2) is 45.7 Å². The molecule has 0 aliphatic carbocycles. The minimum absolute atomic E-state index is 0.272. The largest absolute Gasteiger partial charge is 0.393 e. The van der Waals surface area contributed by atoms with E-state index in [0.717, 1.165) is 0 Å². The number of nitrogens with zero attached hydrogens (tertiary/aromatic N) is 1. The van der Waals surface area contributed by atoms with Gasteiger partial charge in [0.25, 0.3) is 5.56 Å². The second-order valence-electron chi connectivity index (χ2n) is 5.32. The number of rotatable bonds is 3. The molecule has 0 amide bonds. The normalized spacial score (nSPS) is 35.1. The van der Waals surface area contributed by atoms with Crippen molar-refractivity contribution in [3.8, 4) is 0 Å². The Morgan fingerprint density at radius 1 is 1.62 bits per heavy atom. The van der Waals surface area contributed by atoms with Crippen LogP contribution in [0.2, 0.25) is 0 Å². The van der Waals surface area contributed by atoms with Crippen molar-refractivity contribution in [1.82, 2.24) is 9.55 Å². The molecule has 0 spiro atoms. The van der Waals surface area contributed by atoms with E-state index in [1.54, 1.807) is 6.92 Å². The van der Waals surface area contributed by atoms with Gasteiger partial charge in [-0.05, 0) is 19.8 Å². The average molecular weight is 316 g/mol. The molecule has 0 radical (unpaired) electrons. The first-order valence-electron chi connectivity index (χ1n) is 6.55. The molecule has 3 heterocycles. The van der Waals surface area contributed by atoms with Crippen molar-refractivity contribution in [2.24, 2.45) is 0 Å². The first kappa shape index (κ1) is 14.8. The maximum absolute atomic E-state index is 12.0. The minimum atomic E-state index is -0.960. The summed E-state index contributed by atoms with van der Waals surface area (Å²) in [4.78, 5) is 25.7. The van der Waals surface area contributed by atoms with E-state index < -0.39 is 35.3 Å². The molecule has 2 N–H and O–H groups in total. The van der Waals surface area contributed by atoms with Crippen molar-refractivity contribution in [2.45, 2.75) is 37.4 Å². The number of hydrogen-bond acceptors (Lipinski definition) is 7. The average Bonchev–Trinajstić information content (AvgIpc) is 2.65. The van der Waals surface area contributed by atoms with Crippen LogP contribution in [0.4, 0.5) is 0 Å². The van der Waals surface area contributed by atoms with Crippen LogP contribution >= 0.6 is 12.9 Å². The predicted molar refractivity (Wildman–Crippen MR) is 74.2 cm³/mol. The summed E-state index contributed by atoms with van der Waals surface area (Å²) in [5.41, 5.74) is -1.63. The van der Waals surface area contributed by atoms with Gasteiger partial charge < -0.3 is 18.8 Å². The van der Waals surface area contributed by atoms with Crippen LogP contribution in [0.25, 0.3) is 0 Å². The maximum atomic E-state index is 12.0. The first-order chi connectivity index (χ1) is 10.0. The number of ether oxygens (including phenoxy) is 2. The molecular formula is C12H16N2O6S. The molecule has 2 saturated heterocycles. The third-order valence-electron chi connectivity index (χ3n) is 4.09. The molecule has 1 aromatic rings. The Labute approximate surface area is 125 Å². The monoisotopic (exact) mass is 316 g/mol. The second kappa shape index (κ2) is 5.25. The van der Waals surface area contributed by atoms with Crippen LogP contribution in [0.1, 0.15) is 18.2 Å². The number of aliphatic hydroxyl groups excluding tert-OH is 1. The topological polar surface area (TPSA) is 103 Å². The molecule has 0 saturated carbocycles. The third kappa shape index (κ3) is 2.16. The van der Waals surface area contributed by atoms with Crippen molar-refractivity contribution in [2.75, 3.05) is 13.2 Å². The molecule has 2 aliphatic rings. The molecular weight excluding hydrogens is 300 g/mol. The fourth-order valence-corrected chi connectivity index (χ4v) is 3.23. The van der Waals surface area contributed by atoms with E-state index in [-0.39, 0.29) is 6.61 Å². The van der Waals surface area contributed by atoms with Gasteiger partial charge in [0.15, 0.2) is 6.23 Å². The van der Waals surface area contributed by atoms with Crippen molar-refractivity contribution in [3.05, 3.63) is 32.6 Å². The molecule has 2 bridgehead atoms. The summed E-state index contributed by atoms with van der Waals surface area (Å²) in [7, 11) is 0. The SMILES string of the molecule is Cc1cn([C@@H]2O[C@@]3(CO)CCOC2C3OS)c(=O)[nH]c1=O. The molecule has 9 heteroatoms. The van der Waals surface area contributed by atoms with Crippen LogP contribution in [-0.2, 0) is 13.7 Å². The van der Waals surface area contributed by atoms with E-state index in [4.69, 9.17) is 13.7 Å². The minimum Gasteiger partial charge on any atom is -0.393 e. The quantitative estimate of drug-likeness (QED) is 0.494. The van der Waals surface area contributed by atoms with Gasteiger partial charge in [-0.1, -0.05) is 0 Å². The predicted octanol–water partition coefficient (Wildman–Crippen LogP) is -0.876. The van der Waals surface area contributed by atoms with Crippen LogP contribution in [0.15, 0.2) is 15.8 Å². The Balaban J connectivity index is 2.07. The first-order valence-corrected chi connectivity index (χ1v) is 6.91. The summed E-state index contributed by atoms with van der Waals surface area (Å²) < 4.78 is 17.9. The van der Waals surface area contributed by atoms with Crippen LogP contribution < -0.4 is 11.2 Å². The Morgan fingerprint density at radius 3 is 3.00 bits per heavy atom. The highest BCUT2D eigenvalue weighted by atomic mass is 32.1. The lowest BCUT2D eigenvalue weighted by Gasteiger charge is -2.35. The summed E-state index contributed by atoms with van der Waals surface area (Å²) in [6.07, 6.45) is -0.148. The van der Waals surface area contributed by atoms with Crippen molar-refractivity contribution < 1.29 is 18.8 Å². The highest BCUT2D eigenvalue weighted by molar-refractivity contribution is 7.75. The number of H-pyrrole nitrogens is 1.